The van der Waals surface area contributed by atoms with E-state index in [-0.39, 0.29) is 28.2 Å². The number of aryl methyl sites for hydroxylation is 1. The van der Waals surface area contributed by atoms with Gasteiger partial charge in [-0.05, 0) is 106 Å². The van der Waals surface area contributed by atoms with E-state index in [1.807, 2.05) is 31.2 Å². The van der Waals surface area contributed by atoms with E-state index in [4.69, 9.17) is 21.7 Å². The predicted octanol–water partition coefficient (Wildman–Crippen LogP) is 6.42. The molecule has 0 saturated carbocycles. The summed E-state index contributed by atoms with van der Waals surface area (Å²) >= 11 is 5.63. The summed E-state index contributed by atoms with van der Waals surface area (Å²) < 4.78 is 71.4. The number of anilines is 3. The molecule has 0 bridgehead atoms. The maximum atomic E-state index is 13.6. The van der Waals surface area contributed by atoms with Crippen LogP contribution in [0.3, 0.4) is 0 Å². The van der Waals surface area contributed by atoms with Gasteiger partial charge < -0.3 is 9.80 Å². The minimum absolute atomic E-state index is 0.0250. The summed E-state index contributed by atoms with van der Waals surface area (Å²) in [4.78, 5) is 18.5. The van der Waals surface area contributed by atoms with Crippen molar-refractivity contribution < 1.29 is 30.6 Å². The number of amides is 1. The van der Waals surface area contributed by atoms with Crippen molar-refractivity contribution in [3.8, 4) is 6.07 Å². The van der Waals surface area contributed by atoms with E-state index in [1.54, 1.807) is 36.9 Å². The largest absolute Gasteiger partial charge is 0.417 e. The average molecular weight is 657 g/mol. The second-order valence-electron chi connectivity index (χ2n) is 11.7. The van der Waals surface area contributed by atoms with E-state index in [9.17, 15) is 26.4 Å². The molecule has 0 N–H and O–H groups in total. The van der Waals surface area contributed by atoms with E-state index < -0.39 is 38.9 Å². The van der Waals surface area contributed by atoms with E-state index in [0.717, 1.165) is 41.1 Å². The minimum atomic E-state index is -4.78. The smallest absolute Gasteiger partial charge is 0.372 e. The second kappa shape index (κ2) is 12.1. The quantitative estimate of drug-likeness (QED) is 0.212. The average Bonchev–Trinajstić information content (AvgIpc) is 3.18. The monoisotopic (exact) mass is 656 g/mol. The lowest BCUT2D eigenvalue weighted by molar-refractivity contribution is -0.137. The molecule has 2 fully saturated rings. The molecule has 0 radical (unpaired) electrons. The molecule has 45 heavy (non-hydrogen) atoms. The van der Waals surface area contributed by atoms with Crippen LogP contribution in [0, 0.1) is 24.2 Å². The van der Waals surface area contributed by atoms with Crippen LogP contribution >= 0.6 is 12.2 Å². The molecule has 2 aliphatic rings. The first kappa shape index (κ1) is 32.4. The van der Waals surface area contributed by atoms with Crippen molar-refractivity contribution in [3.05, 3.63) is 83.4 Å². The number of halogens is 3. The number of nitriles is 1. The molecule has 3 aromatic carbocycles. The molecule has 5 rings (SSSR count). The third-order valence-electron chi connectivity index (χ3n) is 8.21. The molecule has 0 aromatic heterocycles. The molecule has 0 spiro atoms. The summed E-state index contributed by atoms with van der Waals surface area (Å²) in [5.74, 6) is -0.413. The van der Waals surface area contributed by atoms with Crippen molar-refractivity contribution in [2.24, 2.45) is 5.92 Å². The van der Waals surface area contributed by atoms with E-state index in [0.29, 0.717) is 18.8 Å². The molecule has 0 atom stereocenters. The molecule has 2 saturated heterocycles. The predicted molar refractivity (Wildman–Crippen MR) is 168 cm³/mol. The van der Waals surface area contributed by atoms with Crippen molar-refractivity contribution in [2.45, 2.75) is 50.2 Å². The molecule has 236 valence electrons. The Balaban J connectivity index is 1.25. The lowest BCUT2D eigenvalue weighted by Crippen LogP contribution is -2.44. The van der Waals surface area contributed by atoms with Gasteiger partial charge in [-0.1, -0.05) is 17.7 Å². The van der Waals surface area contributed by atoms with Crippen molar-refractivity contribution in [3.63, 3.8) is 0 Å². The van der Waals surface area contributed by atoms with Crippen LogP contribution in [-0.2, 0) is 25.3 Å². The number of nitrogens with zero attached hydrogens (tertiary/aromatic N) is 4. The van der Waals surface area contributed by atoms with Crippen molar-refractivity contribution in [2.75, 3.05) is 34.4 Å². The van der Waals surface area contributed by atoms with Gasteiger partial charge in [0.1, 0.15) is 5.54 Å². The molecule has 13 heteroatoms. The van der Waals surface area contributed by atoms with Crippen LogP contribution in [0.2, 0.25) is 0 Å². The number of benzene rings is 3. The normalized spacial score (nSPS) is 17.6. The van der Waals surface area contributed by atoms with Gasteiger partial charge in [0.2, 0.25) is 0 Å². The molecular formula is C32H31F3N4O4S2. The Morgan fingerprint density at radius 2 is 1.56 bits per heavy atom. The van der Waals surface area contributed by atoms with E-state index in [1.165, 1.54) is 18.2 Å². The number of piperidine rings is 1. The summed E-state index contributed by atoms with van der Waals surface area (Å²) in [6.07, 6.45) is -3.30. The Morgan fingerprint density at radius 1 is 0.978 bits per heavy atom. The van der Waals surface area contributed by atoms with E-state index >= 15 is 0 Å². The topological polar surface area (TPSA) is 94.0 Å². The molecular weight excluding hydrogens is 626 g/mol. The standard InChI is InChI=1S/C32H31F3N4O4S2/c1-21-4-12-27(13-5-21)45(41,42)43-20-22-14-16-37(17-15-22)24-8-10-25(11-9-24)39-30(44)38(29(40)31(39,2)3)26-7-6-23(19-36)28(18-26)32(33,34)35/h4-13,18,22H,14-17,20H2,1-3H3. The Morgan fingerprint density at radius 3 is 2.13 bits per heavy atom. The van der Waals surface area contributed by atoms with Gasteiger partial charge in [-0.3, -0.25) is 13.9 Å². The minimum Gasteiger partial charge on any atom is -0.372 e. The Labute approximate surface area is 265 Å². The molecule has 0 unspecified atom stereocenters. The Bertz CT molecular complexity index is 1760. The summed E-state index contributed by atoms with van der Waals surface area (Å²) in [7, 11) is -3.83. The van der Waals surface area contributed by atoms with Crippen LogP contribution in [0.5, 0.6) is 0 Å². The first-order valence-corrected chi connectivity index (χ1v) is 16.1. The fraction of sp³-hybridized carbons (Fsp3) is 0.344. The van der Waals surface area contributed by atoms with Crippen molar-refractivity contribution >= 4 is 50.4 Å². The lowest BCUT2D eigenvalue weighted by Gasteiger charge is -2.34. The zero-order chi connectivity index (χ0) is 32.7. The van der Waals surface area contributed by atoms with Gasteiger partial charge in [-0.2, -0.15) is 26.9 Å². The van der Waals surface area contributed by atoms with Gasteiger partial charge in [0.05, 0.1) is 34.4 Å². The van der Waals surface area contributed by atoms with E-state index in [2.05, 4.69) is 4.90 Å². The summed E-state index contributed by atoms with van der Waals surface area (Å²) in [5, 5.41) is 9.17. The van der Waals surface area contributed by atoms with Gasteiger partial charge in [0.25, 0.3) is 16.0 Å². The zero-order valence-corrected chi connectivity index (χ0v) is 26.5. The van der Waals surface area contributed by atoms with Crippen LogP contribution in [0.15, 0.2) is 71.6 Å². The number of rotatable bonds is 7. The SMILES string of the molecule is Cc1ccc(S(=O)(=O)OCC2CCN(c3ccc(N4C(=S)N(c5ccc(C#N)c(C(F)(F)F)c5)C(=O)C4(C)C)cc3)CC2)cc1. The van der Waals surface area contributed by atoms with Crippen LogP contribution in [0.25, 0.3) is 0 Å². The van der Waals surface area contributed by atoms with Gasteiger partial charge in [0, 0.05) is 24.5 Å². The highest BCUT2D eigenvalue weighted by Gasteiger charge is 2.50. The summed E-state index contributed by atoms with van der Waals surface area (Å²) in [6.45, 7) is 6.67. The first-order valence-electron chi connectivity index (χ1n) is 14.2. The summed E-state index contributed by atoms with van der Waals surface area (Å²) in [5.41, 5.74) is -0.453. The molecule has 2 heterocycles. The second-order valence-corrected chi connectivity index (χ2v) is 13.6. The number of alkyl halides is 3. The van der Waals surface area contributed by atoms with Crippen LogP contribution in [-0.4, -0.2) is 44.7 Å². The number of thiocarbonyl (C=S) groups is 1. The van der Waals surface area contributed by atoms with Gasteiger partial charge in [-0.25, -0.2) is 0 Å². The fourth-order valence-electron chi connectivity index (χ4n) is 5.59. The number of hydrogen-bond acceptors (Lipinski definition) is 7. The summed E-state index contributed by atoms with van der Waals surface area (Å²) in [6, 6.07) is 18.6. The van der Waals surface area contributed by atoms with Crippen LogP contribution in [0.4, 0.5) is 30.2 Å². The van der Waals surface area contributed by atoms with Gasteiger partial charge in [-0.15, -0.1) is 0 Å². The number of hydrogen-bond donors (Lipinski definition) is 0. The molecule has 8 nitrogen and oxygen atoms in total. The number of carbonyl (C=O) groups excluding carboxylic acids is 1. The maximum Gasteiger partial charge on any atom is 0.417 e. The number of carbonyl (C=O) groups is 1. The Kier molecular flexibility index (Phi) is 8.70. The van der Waals surface area contributed by atoms with Crippen LogP contribution in [0.1, 0.15) is 43.4 Å². The van der Waals surface area contributed by atoms with Gasteiger partial charge >= 0.3 is 6.18 Å². The van der Waals surface area contributed by atoms with Crippen LogP contribution < -0.4 is 14.7 Å². The fourth-order valence-corrected chi connectivity index (χ4v) is 7.09. The third kappa shape index (κ3) is 6.40. The molecule has 2 aliphatic heterocycles. The molecule has 1 amide bonds. The molecule has 3 aromatic rings. The molecule has 0 aliphatic carbocycles. The highest BCUT2D eigenvalue weighted by molar-refractivity contribution is 7.86. The highest BCUT2D eigenvalue weighted by Crippen LogP contribution is 2.40. The lowest BCUT2D eigenvalue weighted by atomic mass is 9.97. The first-order chi connectivity index (χ1) is 21.1. The maximum absolute atomic E-state index is 13.6. The Hall–Kier alpha value is -3.99. The van der Waals surface area contributed by atoms with Crippen molar-refractivity contribution in [1.82, 2.24) is 0 Å². The zero-order valence-electron chi connectivity index (χ0n) is 24.8. The highest BCUT2D eigenvalue weighted by atomic mass is 32.2. The van der Waals surface area contributed by atoms with Crippen molar-refractivity contribution in [1.29, 1.82) is 5.26 Å². The van der Waals surface area contributed by atoms with Gasteiger partial charge in [0.15, 0.2) is 5.11 Å². The third-order valence-corrected chi connectivity index (χ3v) is 9.87.